The summed E-state index contributed by atoms with van der Waals surface area (Å²) in [7, 11) is -2.68. The van der Waals surface area contributed by atoms with Gasteiger partial charge in [-0.3, -0.25) is 9.11 Å². The molecular weight excluding hydrogens is 330 g/mol. The highest BCUT2D eigenvalue weighted by atomic mass is 32.3. The normalized spacial score (nSPS) is 12.0. The van der Waals surface area contributed by atoms with E-state index in [1.165, 1.54) is 11.1 Å². The van der Waals surface area contributed by atoms with Gasteiger partial charge in [-0.05, 0) is 31.2 Å². The Morgan fingerprint density at radius 3 is 2.12 bits per heavy atom. The summed E-state index contributed by atoms with van der Waals surface area (Å²) in [5.74, 6) is 0.977. The van der Waals surface area contributed by atoms with Crippen molar-refractivity contribution in [3.8, 4) is 5.75 Å². The summed E-state index contributed by atoms with van der Waals surface area (Å²) in [4.78, 5) is 0. The molecule has 0 aliphatic carbocycles. The molecule has 0 saturated carbocycles. The van der Waals surface area contributed by atoms with Crippen molar-refractivity contribution in [3.63, 3.8) is 0 Å². The summed E-state index contributed by atoms with van der Waals surface area (Å²) in [6.07, 6.45) is 0.953. The van der Waals surface area contributed by atoms with Crippen LogP contribution in [0.2, 0.25) is 0 Å². The predicted molar refractivity (Wildman–Crippen MR) is 93.7 cm³/mol. The third kappa shape index (κ3) is 8.64. The van der Waals surface area contributed by atoms with Crippen LogP contribution in [0.1, 0.15) is 23.6 Å². The van der Waals surface area contributed by atoms with Crippen molar-refractivity contribution in [2.45, 2.75) is 19.4 Å². The molecule has 7 heteroatoms. The lowest BCUT2D eigenvalue weighted by molar-refractivity contribution is 0.288. The smallest absolute Gasteiger partial charge is 0.394 e. The minimum atomic E-state index is -4.67. The molecule has 2 aromatic carbocycles. The zero-order valence-electron chi connectivity index (χ0n) is 13.7. The molecule has 3 N–H and O–H groups in total. The Labute approximate surface area is 143 Å². The van der Waals surface area contributed by atoms with Crippen LogP contribution in [0.4, 0.5) is 0 Å². The van der Waals surface area contributed by atoms with E-state index in [2.05, 4.69) is 42.6 Å². The number of nitrogens with one attached hydrogen (secondary N) is 1. The third-order valence-corrected chi connectivity index (χ3v) is 3.31. The summed E-state index contributed by atoms with van der Waals surface area (Å²) in [5.41, 5.74) is 2.49. The minimum Gasteiger partial charge on any atom is -0.493 e. The fourth-order valence-corrected chi connectivity index (χ4v) is 2.17. The van der Waals surface area contributed by atoms with Crippen LogP contribution in [0, 0.1) is 6.92 Å². The molecule has 0 aliphatic rings. The van der Waals surface area contributed by atoms with Crippen LogP contribution in [-0.2, 0) is 10.4 Å². The summed E-state index contributed by atoms with van der Waals surface area (Å²) in [6, 6.07) is 18.9. The first-order valence-electron chi connectivity index (χ1n) is 7.41. The minimum absolute atomic E-state index is 0.338. The van der Waals surface area contributed by atoms with Gasteiger partial charge in [0.15, 0.2) is 0 Å². The molecule has 0 heterocycles. The topological polar surface area (TPSA) is 95.9 Å². The number of ether oxygens (including phenoxy) is 1. The zero-order valence-corrected chi connectivity index (χ0v) is 14.5. The Kier molecular flexibility index (Phi) is 8.42. The molecule has 132 valence electrons. The average molecular weight is 353 g/mol. The number of para-hydroxylation sites is 1. The van der Waals surface area contributed by atoms with Crippen LogP contribution in [0.5, 0.6) is 5.75 Å². The first kappa shape index (κ1) is 20.1. The lowest BCUT2D eigenvalue weighted by atomic mass is 10.0. The van der Waals surface area contributed by atoms with E-state index in [1.54, 1.807) is 0 Å². The van der Waals surface area contributed by atoms with Gasteiger partial charge in [-0.2, -0.15) is 8.42 Å². The quantitative estimate of drug-likeness (QED) is 0.691. The lowest BCUT2D eigenvalue weighted by Crippen LogP contribution is -2.19. The lowest BCUT2D eigenvalue weighted by Gasteiger charge is -2.17. The van der Waals surface area contributed by atoms with Gasteiger partial charge < -0.3 is 10.1 Å². The number of benzene rings is 2. The van der Waals surface area contributed by atoms with Crippen LogP contribution in [0.3, 0.4) is 0 Å². The highest BCUT2D eigenvalue weighted by molar-refractivity contribution is 7.79. The summed E-state index contributed by atoms with van der Waals surface area (Å²) in [5, 5.41) is 3.34. The Morgan fingerprint density at radius 1 is 1.04 bits per heavy atom. The molecule has 2 aromatic rings. The fourth-order valence-electron chi connectivity index (χ4n) is 2.17. The van der Waals surface area contributed by atoms with Crippen molar-refractivity contribution in [1.82, 2.24) is 5.32 Å². The highest BCUT2D eigenvalue weighted by Gasteiger charge is 2.08. The standard InChI is InChI=1S/C17H21NO.H2O4S/c1-14-8-6-7-11-17(14)19-13-12-16(18-2)15-9-4-3-5-10-15;1-5(2,3)4/h3-11,16,18H,12-13H2,1-2H3;(H2,1,2,3,4). The molecule has 2 rings (SSSR count). The van der Waals surface area contributed by atoms with Crippen LogP contribution in [-0.4, -0.2) is 31.2 Å². The SMILES string of the molecule is CNC(CCOc1ccccc1C)c1ccccc1.O=S(=O)(O)O. The van der Waals surface area contributed by atoms with E-state index in [9.17, 15) is 0 Å². The molecule has 0 spiro atoms. The summed E-state index contributed by atoms with van der Waals surface area (Å²) < 4.78 is 37.4. The van der Waals surface area contributed by atoms with Gasteiger partial charge in [-0.25, -0.2) is 0 Å². The maximum atomic E-state index is 8.74. The Morgan fingerprint density at radius 2 is 1.58 bits per heavy atom. The molecule has 1 atom stereocenters. The predicted octanol–water partition coefficient (Wildman–Crippen LogP) is 3.07. The van der Waals surface area contributed by atoms with Crippen molar-refractivity contribution in [2.75, 3.05) is 13.7 Å². The molecule has 6 nitrogen and oxygen atoms in total. The largest absolute Gasteiger partial charge is 0.493 e. The third-order valence-electron chi connectivity index (χ3n) is 3.31. The van der Waals surface area contributed by atoms with Gasteiger partial charge >= 0.3 is 10.4 Å². The summed E-state index contributed by atoms with van der Waals surface area (Å²) in [6.45, 7) is 2.79. The van der Waals surface area contributed by atoms with Crippen molar-refractivity contribution in [1.29, 1.82) is 0 Å². The van der Waals surface area contributed by atoms with Crippen LogP contribution < -0.4 is 10.1 Å². The highest BCUT2D eigenvalue weighted by Crippen LogP contribution is 2.19. The van der Waals surface area contributed by atoms with E-state index in [-0.39, 0.29) is 0 Å². The molecule has 0 bridgehead atoms. The van der Waals surface area contributed by atoms with E-state index in [0.717, 1.165) is 12.2 Å². The van der Waals surface area contributed by atoms with Gasteiger partial charge in [-0.15, -0.1) is 0 Å². The fraction of sp³-hybridized carbons (Fsp3) is 0.294. The van der Waals surface area contributed by atoms with Crippen molar-refractivity contribution < 1.29 is 22.3 Å². The van der Waals surface area contributed by atoms with E-state index < -0.39 is 10.4 Å². The van der Waals surface area contributed by atoms with Crippen molar-refractivity contribution in [2.24, 2.45) is 0 Å². The molecule has 0 aliphatic heterocycles. The van der Waals surface area contributed by atoms with Gasteiger partial charge in [0.25, 0.3) is 0 Å². The Balaban J connectivity index is 0.000000505. The number of aryl methyl sites for hydroxylation is 1. The van der Waals surface area contributed by atoms with Gasteiger partial charge in [0.1, 0.15) is 5.75 Å². The first-order valence-corrected chi connectivity index (χ1v) is 8.81. The monoisotopic (exact) mass is 353 g/mol. The first-order chi connectivity index (χ1) is 11.3. The second-order valence-electron chi connectivity index (χ2n) is 5.10. The van der Waals surface area contributed by atoms with Crippen molar-refractivity contribution in [3.05, 3.63) is 65.7 Å². The number of rotatable bonds is 6. The van der Waals surface area contributed by atoms with E-state index in [0.29, 0.717) is 12.6 Å². The molecule has 0 radical (unpaired) electrons. The maximum absolute atomic E-state index is 8.74. The Bertz CT molecular complexity index is 696. The average Bonchev–Trinajstić information content (AvgIpc) is 2.52. The van der Waals surface area contributed by atoms with Crippen LogP contribution in [0.25, 0.3) is 0 Å². The molecule has 0 fully saturated rings. The van der Waals surface area contributed by atoms with Crippen LogP contribution >= 0.6 is 0 Å². The van der Waals surface area contributed by atoms with Gasteiger partial charge in [0.2, 0.25) is 0 Å². The molecule has 24 heavy (non-hydrogen) atoms. The second-order valence-corrected chi connectivity index (χ2v) is 6.00. The van der Waals surface area contributed by atoms with Gasteiger partial charge in [-0.1, -0.05) is 48.5 Å². The maximum Gasteiger partial charge on any atom is 0.394 e. The molecule has 0 aromatic heterocycles. The van der Waals surface area contributed by atoms with Gasteiger partial charge in [0, 0.05) is 12.5 Å². The molecule has 0 saturated heterocycles. The number of hydrogen-bond donors (Lipinski definition) is 3. The zero-order chi connectivity index (χ0) is 18.0. The number of hydrogen-bond acceptors (Lipinski definition) is 4. The van der Waals surface area contributed by atoms with Crippen molar-refractivity contribution >= 4 is 10.4 Å². The Hall–Kier alpha value is -1.93. The van der Waals surface area contributed by atoms with Crippen LogP contribution in [0.15, 0.2) is 54.6 Å². The van der Waals surface area contributed by atoms with E-state index in [4.69, 9.17) is 22.3 Å². The summed E-state index contributed by atoms with van der Waals surface area (Å²) >= 11 is 0. The van der Waals surface area contributed by atoms with Gasteiger partial charge in [0.05, 0.1) is 6.61 Å². The molecule has 1 unspecified atom stereocenters. The molecular formula is C17H23NO5S. The molecule has 0 amide bonds. The van der Waals surface area contributed by atoms with E-state index in [1.807, 2.05) is 31.3 Å². The van der Waals surface area contributed by atoms with E-state index >= 15 is 0 Å². The second kappa shape index (κ2) is 10.0.